The summed E-state index contributed by atoms with van der Waals surface area (Å²) in [5.74, 6) is -0.186. The van der Waals surface area contributed by atoms with Crippen molar-refractivity contribution < 1.29 is 4.79 Å². The number of nitriles is 1. The standard InChI is InChI=1S/C15H11Br2N3O/c16-11-5-6-13(10(7-11)8-18)19-9-15(21)20-14-4-2-1-3-12(14)17/h1-7,19H,9H2,(H,20,21). The SMILES string of the molecule is N#Cc1cc(Br)ccc1NCC(=O)Nc1ccccc1Br. The Hall–Kier alpha value is -1.84. The van der Waals surface area contributed by atoms with Crippen molar-refractivity contribution in [2.24, 2.45) is 0 Å². The van der Waals surface area contributed by atoms with Crippen molar-refractivity contribution in [1.82, 2.24) is 0 Å². The van der Waals surface area contributed by atoms with Crippen molar-refractivity contribution in [3.05, 3.63) is 57.0 Å². The predicted octanol–water partition coefficient (Wildman–Crippen LogP) is 4.13. The summed E-state index contributed by atoms with van der Waals surface area (Å²) in [6, 6.07) is 14.7. The Balaban J connectivity index is 1.99. The molecule has 0 unspecified atom stereocenters. The number of carbonyl (C=O) groups excluding carboxylic acids is 1. The van der Waals surface area contributed by atoms with Crippen molar-refractivity contribution in [1.29, 1.82) is 5.26 Å². The number of carbonyl (C=O) groups is 1. The highest BCUT2D eigenvalue weighted by atomic mass is 79.9. The molecule has 0 aliphatic rings. The fraction of sp³-hybridized carbons (Fsp3) is 0.0667. The van der Waals surface area contributed by atoms with Crippen LogP contribution in [0.4, 0.5) is 11.4 Å². The third kappa shape index (κ3) is 4.31. The molecule has 0 aliphatic carbocycles. The Morgan fingerprint density at radius 3 is 2.62 bits per heavy atom. The molecule has 0 atom stereocenters. The first kappa shape index (κ1) is 15.5. The molecule has 0 saturated carbocycles. The molecule has 0 spiro atoms. The minimum atomic E-state index is -0.186. The van der Waals surface area contributed by atoms with E-state index in [2.05, 4.69) is 48.6 Å². The van der Waals surface area contributed by atoms with E-state index in [4.69, 9.17) is 5.26 Å². The van der Waals surface area contributed by atoms with Crippen LogP contribution >= 0.6 is 31.9 Å². The summed E-state index contributed by atoms with van der Waals surface area (Å²) in [5.41, 5.74) is 1.82. The highest BCUT2D eigenvalue weighted by molar-refractivity contribution is 9.10. The molecule has 4 nitrogen and oxygen atoms in total. The molecule has 0 aliphatic heterocycles. The molecule has 0 saturated heterocycles. The van der Waals surface area contributed by atoms with Gasteiger partial charge in [0, 0.05) is 8.95 Å². The summed E-state index contributed by atoms with van der Waals surface area (Å²) in [4.78, 5) is 11.9. The predicted molar refractivity (Wildman–Crippen MR) is 90.1 cm³/mol. The van der Waals surface area contributed by atoms with Gasteiger partial charge in [-0.3, -0.25) is 4.79 Å². The molecule has 21 heavy (non-hydrogen) atoms. The third-order valence-electron chi connectivity index (χ3n) is 2.69. The highest BCUT2D eigenvalue weighted by Crippen LogP contribution is 2.22. The normalized spacial score (nSPS) is 9.76. The van der Waals surface area contributed by atoms with Crippen LogP contribution in [0.2, 0.25) is 0 Å². The number of hydrogen-bond donors (Lipinski definition) is 2. The minimum Gasteiger partial charge on any atom is -0.375 e. The molecule has 2 aromatic carbocycles. The van der Waals surface area contributed by atoms with Crippen LogP contribution < -0.4 is 10.6 Å². The van der Waals surface area contributed by atoms with Crippen molar-refractivity contribution >= 4 is 49.1 Å². The van der Waals surface area contributed by atoms with Gasteiger partial charge in [-0.25, -0.2) is 0 Å². The van der Waals surface area contributed by atoms with Gasteiger partial charge in [-0.2, -0.15) is 5.26 Å². The van der Waals surface area contributed by atoms with Crippen LogP contribution in [0.25, 0.3) is 0 Å². The molecule has 0 radical (unpaired) electrons. The van der Waals surface area contributed by atoms with Crippen LogP contribution in [0.5, 0.6) is 0 Å². The Kier molecular flexibility index (Phi) is 5.37. The molecule has 0 bridgehead atoms. The van der Waals surface area contributed by atoms with E-state index in [1.54, 1.807) is 12.1 Å². The molecule has 106 valence electrons. The summed E-state index contributed by atoms with van der Waals surface area (Å²) in [6.45, 7) is 0.0810. The number of halogens is 2. The van der Waals surface area contributed by atoms with Gasteiger partial charge >= 0.3 is 0 Å². The van der Waals surface area contributed by atoms with Crippen molar-refractivity contribution in [2.75, 3.05) is 17.2 Å². The molecular formula is C15H11Br2N3O. The zero-order valence-electron chi connectivity index (χ0n) is 10.9. The van der Waals surface area contributed by atoms with E-state index >= 15 is 0 Å². The zero-order valence-corrected chi connectivity index (χ0v) is 14.0. The maximum absolute atomic E-state index is 11.9. The van der Waals surface area contributed by atoms with E-state index in [1.807, 2.05) is 30.3 Å². The number of anilines is 2. The summed E-state index contributed by atoms with van der Waals surface area (Å²) in [5, 5.41) is 14.8. The van der Waals surface area contributed by atoms with Gasteiger partial charge in [0.15, 0.2) is 0 Å². The van der Waals surface area contributed by atoms with Crippen LogP contribution in [0, 0.1) is 11.3 Å². The number of para-hydroxylation sites is 1. The average molecular weight is 409 g/mol. The lowest BCUT2D eigenvalue weighted by molar-refractivity contribution is -0.114. The molecule has 6 heteroatoms. The topological polar surface area (TPSA) is 64.9 Å². The Morgan fingerprint density at radius 1 is 1.14 bits per heavy atom. The molecule has 0 aromatic heterocycles. The smallest absolute Gasteiger partial charge is 0.243 e. The van der Waals surface area contributed by atoms with Crippen LogP contribution in [0.3, 0.4) is 0 Å². The van der Waals surface area contributed by atoms with Crippen LogP contribution in [-0.4, -0.2) is 12.5 Å². The third-order valence-corrected chi connectivity index (χ3v) is 3.87. The van der Waals surface area contributed by atoms with Gasteiger partial charge in [0.1, 0.15) is 6.07 Å². The first-order chi connectivity index (χ1) is 10.1. The lowest BCUT2D eigenvalue weighted by atomic mass is 10.2. The number of nitrogens with zero attached hydrogens (tertiary/aromatic N) is 1. The van der Waals surface area contributed by atoms with Crippen LogP contribution in [0.1, 0.15) is 5.56 Å². The van der Waals surface area contributed by atoms with E-state index in [0.29, 0.717) is 16.9 Å². The Morgan fingerprint density at radius 2 is 1.90 bits per heavy atom. The van der Waals surface area contributed by atoms with E-state index in [9.17, 15) is 4.79 Å². The number of nitrogens with one attached hydrogen (secondary N) is 2. The summed E-state index contributed by atoms with van der Waals surface area (Å²) < 4.78 is 1.64. The zero-order chi connectivity index (χ0) is 15.2. The number of rotatable bonds is 4. The van der Waals surface area contributed by atoms with Crippen molar-refractivity contribution in [3.8, 4) is 6.07 Å². The monoisotopic (exact) mass is 407 g/mol. The average Bonchev–Trinajstić information content (AvgIpc) is 2.48. The van der Waals surface area contributed by atoms with Crippen molar-refractivity contribution in [3.63, 3.8) is 0 Å². The van der Waals surface area contributed by atoms with E-state index in [0.717, 1.165) is 8.95 Å². The molecule has 1 amide bonds. The van der Waals surface area contributed by atoms with E-state index in [-0.39, 0.29) is 12.5 Å². The minimum absolute atomic E-state index is 0.0810. The van der Waals surface area contributed by atoms with Crippen molar-refractivity contribution in [2.45, 2.75) is 0 Å². The molecule has 0 heterocycles. The Labute approximate surface area is 139 Å². The van der Waals surface area contributed by atoms with Gasteiger partial charge in [-0.1, -0.05) is 28.1 Å². The molecular weight excluding hydrogens is 398 g/mol. The molecule has 2 aromatic rings. The molecule has 2 N–H and O–H groups in total. The second-order valence-corrected chi connectivity index (χ2v) is 5.95. The van der Waals surface area contributed by atoms with Crippen LogP contribution in [-0.2, 0) is 4.79 Å². The van der Waals surface area contributed by atoms with Gasteiger partial charge in [-0.15, -0.1) is 0 Å². The maximum Gasteiger partial charge on any atom is 0.243 e. The summed E-state index contributed by atoms with van der Waals surface area (Å²) in [7, 11) is 0. The van der Waals surface area contributed by atoms with Gasteiger partial charge in [0.25, 0.3) is 0 Å². The summed E-state index contributed by atoms with van der Waals surface area (Å²) >= 11 is 6.67. The lowest BCUT2D eigenvalue weighted by Gasteiger charge is -2.10. The largest absolute Gasteiger partial charge is 0.375 e. The van der Waals surface area contributed by atoms with Gasteiger partial charge in [0.05, 0.1) is 23.5 Å². The quantitative estimate of drug-likeness (QED) is 0.799. The van der Waals surface area contributed by atoms with E-state index in [1.165, 1.54) is 0 Å². The second kappa shape index (κ2) is 7.25. The van der Waals surface area contributed by atoms with Gasteiger partial charge < -0.3 is 10.6 Å². The second-order valence-electron chi connectivity index (χ2n) is 4.18. The fourth-order valence-electron chi connectivity index (χ4n) is 1.70. The first-order valence-electron chi connectivity index (χ1n) is 6.08. The molecule has 2 rings (SSSR count). The number of hydrogen-bond acceptors (Lipinski definition) is 3. The van der Waals surface area contributed by atoms with E-state index < -0.39 is 0 Å². The lowest BCUT2D eigenvalue weighted by Crippen LogP contribution is -2.22. The maximum atomic E-state index is 11.9. The fourth-order valence-corrected chi connectivity index (χ4v) is 2.44. The number of amides is 1. The van der Waals surface area contributed by atoms with Gasteiger partial charge in [-0.05, 0) is 46.3 Å². The van der Waals surface area contributed by atoms with Gasteiger partial charge in [0.2, 0.25) is 5.91 Å². The Bertz CT molecular complexity index is 710. The number of benzene rings is 2. The highest BCUT2D eigenvalue weighted by Gasteiger charge is 2.07. The summed E-state index contributed by atoms with van der Waals surface area (Å²) in [6.07, 6.45) is 0. The van der Waals surface area contributed by atoms with Crippen LogP contribution in [0.15, 0.2) is 51.4 Å². The molecule has 0 fully saturated rings. The first-order valence-corrected chi connectivity index (χ1v) is 7.66.